The molecule has 0 unspecified atom stereocenters. The van der Waals surface area contributed by atoms with Crippen LogP contribution >= 0.6 is 0 Å². The average Bonchev–Trinajstić information content (AvgIpc) is 2.42. The third-order valence-electron chi connectivity index (χ3n) is 4.83. The van der Waals surface area contributed by atoms with Crippen molar-refractivity contribution in [1.29, 1.82) is 0 Å². The van der Waals surface area contributed by atoms with Crippen LogP contribution in [0, 0.1) is 5.92 Å². The van der Waals surface area contributed by atoms with Gasteiger partial charge in [0.15, 0.2) is 0 Å². The summed E-state index contributed by atoms with van der Waals surface area (Å²) in [6.45, 7) is 0.854. The van der Waals surface area contributed by atoms with Crippen molar-refractivity contribution >= 4 is 6.03 Å². The number of ether oxygens (including phenoxy) is 1. The Morgan fingerprint density at radius 1 is 1.05 bits per heavy atom. The Kier molecular flexibility index (Phi) is 5.49. The highest BCUT2D eigenvalue weighted by Crippen LogP contribution is 2.32. The van der Waals surface area contributed by atoms with Gasteiger partial charge in [0.25, 0.3) is 0 Å². The van der Waals surface area contributed by atoms with E-state index in [1.807, 2.05) is 4.90 Å². The minimum absolute atomic E-state index is 0.206. The number of primary amides is 1. The summed E-state index contributed by atoms with van der Waals surface area (Å²) in [5.41, 5.74) is 5.65. The highest BCUT2D eigenvalue weighted by Gasteiger charge is 2.33. The van der Waals surface area contributed by atoms with Crippen molar-refractivity contribution in [1.82, 2.24) is 4.90 Å². The number of carbonyl (C=O) groups is 1. The van der Waals surface area contributed by atoms with Gasteiger partial charge in [0.1, 0.15) is 0 Å². The van der Waals surface area contributed by atoms with Crippen molar-refractivity contribution in [3.05, 3.63) is 0 Å². The van der Waals surface area contributed by atoms with E-state index < -0.39 is 0 Å². The van der Waals surface area contributed by atoms with Crippen molar-refractivity contribution in [2.75, 3.05) is 13.7 Å². The first-order valence-electron chi connectivity index (χ1n) is 7.79. The average molecular weight is 268 g/mol. The van der Waals surface area contributed by atoms with Gasteiger partial charge in [-0.1, -0.05) is 19.3 Å². The van der Waals surface area contributed by atoms with E-state index in [4.69, 9.17) is 10.5 Å². The summed E-state index contributed by atoms with van der Waals surface area (Å²) in [5.74, 6) is 0.669. The zero-order valence-corrected chi connectivity index (χ0v) is 12.1. The molecule has 0 heterocycles. The summed E-state index contributed by atoms with van der Waals surface area (Å²) in [4.78, 5) is 13.8. The molecule has 2 aliphatic carbocycles. The fraction of sp³-hybridized carbons (Fsp3) is 0.933. The zero-order valence-electron chi connectivity index (χ0n) is 12.1. The lowest BCUT2D eigenvalue weighted by molar-refractivity contribution is 0.0769. The Hall–Kier alpha value is -0.770. The van der Waals surface area contributed by atoms with Gasteiger partial charge in [0.2, 0.25) is 0 Å². The maximum absolute atomic E-state index is 11.8. The Morgan fingerprint density at radius 2 is 1.63 bits per heavy atom. The van der Waals surface area contributed by atoms with Crippen LogP contribution in [0.25, 0.3) is 0 Å². The molecule has 0 spiro atoms. The normalized spacial score (nSPS) is 29.1. The lowest BCUT2D eigenvalue weighted by Crippen LogP contribution is -2.51. The van der Waals surface area contributed by atoms with E-state index in [2.05, 4.69) is 0 Å². The van der Waals surface area contributed by atoms with Gasteiger partial charge in [-0.3, -0.25) is 0 Å². The molecule has 0 saturated heterocycles. The summed E-state index contributed by atoms with van der Waals surface area (Å²) in [6.07, 6.45) is 10.6. The number of methoxy groups -OCH3 is 1. The minimum atomic E-state index is -0.206. The molecule has 2 aliphatic rings. The predicted octanol–water partition coefficient (Wildman–Crippen LogP) is 2.91. The smallest absolute Gasteiger partial charge is 0.315 e. The molecule has 0 bridgehead atoms. The van der Waals surface area contributed by atoms with Crippen LogP contribution in [0.2, 0.25) is 0 Å². The number of rotatable bonds is 4. The van der Waals surface area contributed by atoms with E-state index in [1.54, 1.807) is 7.11 Å². The lowest BCUT2D eigenvalue weighted by atomic mass is 9.84. The zero-order chi connectivity index (χ0) is 13.7. The predicted molar refractivity (Wildman–Crippen MR) is 75.9 cm³/mol. The first kappa shape index (κ1) is 14.6. The van der Waals surface area contributed by atoms with E-state index in [9.17, 15) is 4.79 Å². The van der Waals surface area contributed by atoms with Crippen LogP contribution in [0.5, 0.6) is 0 Å². The Balaban J connectivity index is 1.91. The maximum atomic E-state index is 11.8. The molecule has 110 valence electrons. The lowest BCUT2D eigenvalue weighted by Gasteiger charge is -2.42. The van der Waals surface area contributed by atoms with Crippen molar-refractivity contribution in [2.45, 2.75) is 69.9 Å². The van der Waals surface area contributed by atoms with Gasteiger partial charge >= 0.3 is 6.03 Å². The molecular formula is C15H28N2O2. The Bertz CT molecular complexity index is 282. The number of amides is 2. The fourth-order valence-corrected chi connectivity index (χ4v) is 3.84. The van der Waals surface area contributed by atoms with Crippen molar-refractivity contribution in [3.63, 3.8) is 0 Å². The first-order valence-corrected chi connectivity index (χ1v) is 7.79. The van der Waals surface area contributed by atoms with Gasteiger partial charge in [0, 0.05) is 25.8 Å². The minimum Gasteiger partial charge on any atom is -0.384 e. The molecule has 4 heteroatoms. The molecule has 2 rings (SSSR count). The third-order valence-corrected chi connectivity index (χ3v) is 4.83. The van der Waals surface area contributed by atoms with Crippen LogP contribution in [0.4, 0.5) is 4.79 Å². The van der Waals surface area contributed by atoms with Gasteiger partial charge in [-0.2, -0.15) is 0 Å². The van der Waals surface area contributed by atoms with Gasteiger partial charge in [0.05, 0.1) is 0 Å². The molecule has 0 aromatic rings. The monoisotopic (exact) mass is 268 g/mol. The number of carbonyl (C=O) groups excluding carboxylic acids is 1. The van der Waals surface area contributed by atoms with E-state index in [0.717, 1.165) is 45.1 Å². The summed E-state index contributed by atoms with van der Waals surface area (Å²) in [7, 11) is 1.77. The van der Waals surface area contributed by atoms with Crippen molar-refractivity contribution < 1.29 is 9.53 Å². The molecule has 19 heavy (non-hydrogen) atoms. The SMILES string of the molecule is COCC1CCC(N(C(N)=O)C2CCCCC2)CC1. The van der Waals surface area contributed by atoms with Gasteiger partial charge in [-0.05, 0) is 44.4 Å². The molecular weight excluding hydrogens is 240 g/mol. The van der Waals surface area contributed by atoms with Crippen LogP contribution in [-0.2, 0) is 4.74 Å². The summed E-state index contributed by atoms with van der Waals surface area (Å²) >= 11 is 0. The van der Waals surface area contributed by atoms with Gasteiger partial charge in [-0.15, -0.1) is 0 Å². The summed E-state index contributed by atoms with van der Waals surface area (Å²) in [6, 6.07) is 0.561. The highest BCUT2D eigenvalue weighted by molar-refractivity contribution is 5.72. The number of urea groups is 1. The number of hydrogen-bond acceptors (Lipinski definition) is 2. The second-order valence-electron chi connectivity index (χ2n) is 6.17. The van der Waals surface area contributed by atoms with E-state index in [0.29, 0.717) is 18.0 Å². The molecule has 2 fully saturated rings. The van der Waals surface area contributed by atoms with Gasteiger partial charge < -0.3 is 15.4 Å². The number of hydrogen-bond donors (Lipinski definition) is 1. The molecule has 0 radical (unpaired) electrons. The van der Waals surface area contributed by atoms with Crippen LogP contribution in [-0.4, -0.2) is 36.7 Å². The highest BCUT2D eigenvalue weighted by atomic mass is 16.5. The first-order chi connectivity index (χ1) is 9.22. The number of nitrogens with zero attached hydrogens (tertiary/aromatic N) is 1. The molecule has 0 aromatic heterocycles. The van der Waals surface area contributed by atoms with E-state index in [-0.39, 0.29) is 6.03 Å². The van der Waals surface area contributed by atoms with Crippen LogP contribution in [0.3, 0.4) is 0 Å². The van der Waals surface area contributed by atoms with Crippen molar-refractivity contribution in [2.24, 2.45) is 11.7 Å². The molecule has 2 N–H and O–H groups in total. The third kappa shape index (κ3) is 3.85. The van der Waals surface area contributed by atoms with Gasteiger partial charge in [-0.25, -0.2) is 4.79 Å². The van der Waals surface area contributed by atoms with Crippen LogP contribution in [0.15, 0.2) is 0 Å². The fourth-order valence-electron chi connectivity index (χ4n) is 3.84. The quantitative estimate of drug-likeness (QED) is 0.852. The molecule has 4 nitrogen and oxygen atoms in total. The largest absolute Gasteiger partial charge is 0.384 e. The second kappa shape index (κ2) is 7.13. The summed E-state index contributed by atoms with van der Waals surface area (Å²) < 4.78 is 5.24. The molecule has 0 aliphatic heterocycles. The summed E-state index contributed by atoms with van der Waals surface area (Å²) in [5, 5.41) is 0. The van der Waals surface area contributed by atoms with Crippen LogP contribution < -0.4 is 5.73 Å². The Labute approximate surface area is 116 Å². The maximum Gasteiger partial charge on any atom is 0.315 e. The number of nitrogens with two attached hydrogens (primary N) is 1. The van der Waals surface area contributed by atoms with E-state index in [1.165, 1.54) is 19.3 Å². The van der Waals surface area contributed by atoms with E-state index >= 15 is 0 Å². The molecule has 0 atom stereocenters. The molecule has 2 amide bonds. The standard InChI is InChI=1S/C15H28N2O2/c1-19-11-12-7-9-14(10-8-12)17(15(16)18)13-5-3-2-4-6-13/h12-14H,2-11H2,1H3,(H2,16,18). The van der Waals surface area contributed by atoms with Crippen LogP contribution in [0.1, 0.15) is 57.8 Å². The van der Waals surface area contributed by atoms with Crippen molar-refractivity contribution in [3.8, 4) is 0 Å². The Morgan fingerprint density at radius 3 is 2.16 bits per heavy atom. The molecule has 2 saturated carbocycles. The molecule has 0 aromatic carbocycles. The topological polar surface area (TPSA) is 55.6 Å². The second-order valence-corrected chi connectivity index (χ2v) is 6.17.